The molecule has 40 heavy (non-hydrogen) atoms. The number of fused-ring (bicyclic) bond motifs is 1. The normalized spacial score (nSPS) is 18.2. The molecule has 7 nitrogen and oxygen atoms in total. The molecule has 2 aliphatic heterocycles. The van der Waals surface area contributed by atoms with Crippen molar-refractivity contribution in [1.29, 1.82) is 0 Å². The molecular formula is C33H39N5O2. The molecule has 0 aliphatic carbocycles. The zero-order valence-electron chi connectivity index (χ0n) is 24.0. The Labute approximate surface area is 236 Å². The Balaban J connectivity index is 1.36. The summed E-state index contributed by atoms with van der Waals surface area (Å²) in [4.78, 5) is 29.0. The van der Waals surface area contributed by atoms with Gasteiger partial charge < -0.3 is 19.5 Å². The lowest BCUT2D eigenvalue weighted by Crippen LogP contribution is -2.49. The summed E-state index contributed by atoms with van der Waals surface area (Å²) in [5.74, 6) is 2.32. The Hall–Kier alpha value is -3.84. The number of likely N-dealkylation sites (tertiary alicyclic amines) is 1. The van der Waals surface area contributed by atoms with E-state index in [0.29, 0.717) is 25.0 Å². The molecular weight excluding hydrogens is 498 g/mol. The van der Waals surface area contributed by atoms with Gasteiger partial charge in [0.05, 0.1) is 12.7 Å². The minimum absolute atomic E-state index is 0.0915. The van der Waals surface area contributed by atoms with Gasteiger partial charge in [-0.25, -0.2) is 4.98 Å². The zero-order chi connectivity index (χ0) is 27.8. The first-order chi connectivity index (χ1) is 19.4. The number of carbonyl (C=O) groups is 1. The van der Waals surface area contributed by atoms with Crippen LogP contribution < -0.4 is 9.64 Å². The number of H-pyrrole nitrogens is 1. The average Bonchev–Trinajstić information content (AvgIpc) is 3.62. The standard InChI is InChI=1S/C33H39N5O2/c1-22(2)29-20-26(23-9-7-10-24(19-23)40-4)31(30-13-8-14-36(30)3)32(35-29)37-15-17-38(18-16-37)33(39)27-21-34-28-12-6-5-11-25(27)28/h5-7,9-12,19-22,30,34H,8,13-18H2,1-4H3. The summed E-state index contributed by atoms with van der Waals surface area (Å²) in [6.45, 7) is 8.34. The van der Waals surface area contributed by atoms with Crippen molar-refractivity contribution in [2.45, 2.75) is 38.6 Å². The van der Waals surface area contributed by atoms with Gasteiger partial charge in [0.1, 0.15) is 11.6 Å². The second-order valence-electron chi connectivity index (χ2n) is 11.4. The van der Waals surface area contributed by atoms with Crippen LogP contribution in [-0.2, 0) is 0 Å². The highest BCUT2D eigenvalue weighted by Crippen LogP contribution is 2.43. The first-order valence-corrected chi connectivity index (χ1v) is 14.4. The predicted octanol–water partition coefficient (Wildman–Crippen LogP) is 6.09. The van der Waals surface area contributed by atoms with E-state index in [2.05, 4.69) is 59.9 Å². The average molecular weight is 538 g/mol. The number of ether oxygens (including phenoxy) is 1. The van der Waals surface area contributed by atoms with Gasteiger partial charge in [-0.1, -0.05) is 44.2 Å². The number of anilines is 1. The number of carbonyl (C=O) groups excluding carboxylic acids is 1. The van der Waals surface area contributed by atoms with Gasteiger partial charge in [-0.15, -0.1) is 0 Å². The molecule has 1 unspecified atom stereocenters. The molecule has 2 aromatic carbocycles. The van der Waals surface area contributed by atoms with Crippen LogP contribution in [0.5, 0.6) is 5.75 Å². The Morgan fingerprint density at radius 3 is 2.55 bits per heavy atom. The van der Waals surface area contributed by atoms with Crippen LogP contribution in [0.2, 0.25) is 0 Å². The van der Waals surface area contributed by atoms with Crippen LogP contribution in [0.3, 0.4) is 0 Å². The fourth-order valence-electron chi connectivity index (χ4n) is 6.27. The number of hydrogen-bond donors (Lipinski definition) is 1. The van der Waals surface area contributed by atoms with Gasteiger partial charge in [0.2, 0.25) is 0 Å². The minimum atomic E-state index is 0.0915. The Bertz CT molecular complexity index is 1520. The van der Waals surface area contributed by atoms with Crippen molar-refractivity contribution in [3.63, 3.8) is 0 Å². The molecule has 0 bridgehead atoms. The van der Waals surface area contributed by atoms with Crippen LogP contribution in [0.15, 0.2) is 60.8 Å². The molecule has 0 saturated carbocycles. The minimum Gasteiger partial charge on any atom is -0.497 e. The van der Waals surface area contributed by atoms with Crippen LogP contribution in [0.1, 0.15) is 60.3 Å². The van der Waals surface area contributed by atoms with E-state index >= 15 is 0 Å². The quantitative estimate of drug-likeness (QED) is 0.322. The molecule has 1 amide bonds. The Morgan fingerprint density at radius 1 is 1.02 bits per heavy atom. The maximum atomic E-state index is 13.5. The summed E-state index contributed by atoms with van der Waals surface area (Å²) >= 11 is 0. The van der Waals surface area contributed by atoms with Crippen molar-refractivity contribution in [2.75, 3.05) is 51.8 Å². The summed E-state index contributed by atoms with van der Waals surface area (Å²) in [6.07, 6.45) is 4.14. The predicted molar refractivity (Wildman–Crippen MR) is 161 cm³/mol. The van der Waals surface area contributed by atoms with Gasteiger partial charge in [-0.05, 0) is 67.7 Å². The van der Waals surface area contributed by atoms with Crippen molar-refractivity contribution >= 4 is 22.6 Å². The summed E-state index contributed by atoms with van der Waals surface area (Å²) in [7, 11) is 3.95. The fourth-order valence-corrected chi connectivity index (χ4v) is 6.27. The van der Waals surface area contributed by atoms with Crippen molar-refractivity contribution in [1.82, 2.24) is 19.8 Å². The third-order valence-corrected chi connectivity index (χ3v) is 8.57. The zero-order valence-corrected chi connectivity index (χ0v) is 24.0. The van der Waals surface area contributed by atoms with Crippen molar-refractivity contribution in [3.8, 4) is 16.9 Å². The first kappa shape index (κ1) is 26.4. The molecule has 4 heterocycles. The number of para-hydroxylation sites is 1. The molecule has 1 N–H and O–H groups in total. The number of aromatic nitrogens is 2. The highest BCUT2D eigenvalue weighted by atomic mass is 16.5. The van der Waals surface area contributed by atoms with E-state index in [1.54, 1.807) is 7.11 Å². The largest absolute Gasteiger partial charge is 0.497 e. The lowest BCUT2D eigenvalue weighted by molar-refractivity contribution is 0.0748. The fraction of sp³-hybridized carbons (Fsp3) is 0.394. The van der Waals surface area contributed by atoms with E-state index in [0.717, 1.165) is 65.3 Å². The van der Waals surface area contributed by atoms with E-state index in [4.69, 9.17) is 9.72 Å². The number of nitrogens with zero attached hydrogens (tertiary/aromatic N) is 4. The van der Waals surface area contributed by atoms with E-state index in [9.17, 15) is 4.79 Å². The molecule has 4 aromatic rings. The molecule has 0 radical (unpaired) electrons. The van der Waals surface area contributed by atoms with Crippen LogP contribution >= 0.6 is 0 Å². The topological polar surface area (TPSA) is 64.7 Å². The molecule has 6 rings (SSSR count). The van der Waals surface area contributed by atoms with Gasteiger partial charge in [-0.2, -0.15) is 0 Å². The number of rotatable bonds is 6. The van der Waals surface area contributed by atoms with Crippen molar-refractivity contribution < 1.29 is 9.53 Å². The number of hydrogen-bond acceptors (Lipinski definition) is 5. The lowest BCUT2D eigenvalue weighted by atomic mass is 9.91. The Kier molecular flexibility index (Phi) is 7.24. The van der Waals surface area contributed by atoms with Gasteiger partial charge in [0.25, 0.3) is 5.91 Å². The molecule has 2 aromatic heterocycles. The molecule has 0 spiro atoms. The van der Waals surface area contributed by atoms with Crippen LogP contribution in [0.4, 0.5) is 5.82 Å². The van der Waals surface area contributed by atoms with Gasteiger partial charge in [0.15, 0.2) is 0 Å². The third kappa shape index (κ3) is 4.83. The number of nitrogens with one attached hydrogen (secondary N) is 1. The van der Waals surface area contributed by atoms with Crippen molar-refractivity contribution in [3.05, 3.63) is 77.6 Å². The number of methoxy groups -OCH3 is 1. The third-order valence-electron chi connectivity index (χ3n) is 8.57. The van der Waals surface area contributed by atoms with E-state index in [1.807, 2.05) is 41.4 Å². The highest BCUT2D eigenvalue weighted by molar-refractivity contribution is 6.06. The number of aromatic amines is 1. The molecule has 2 aliphatic rings. The molecule has 208 valence electrons. The molecule has 2 saturated heterocycles. The maximum absolute atomic E-state index is 13.5. The second-order valence-corrected chi connectivity index (χ2v) is 11.4. The van der Waals surface area contributed by atoms with Gasteiger partial charge in [-0.3, -0.25) is 9.69 Å². The smallest absolute Gasteiger partial charge is 0.256 e. The van der Waals surface area contributed by atoms with E-state index in [-0.39, 0.29) is 5.91 Å². The highest BCUT2D eigenvalue weighted by Gasteiger charge is 2.33. The lowest BCUT2D eigenvalue weighted by Gasteiger charge is -2.38. The molecule has 1 atom stereocenters. The monoisotopic (exact) mass is 537 g/mol. The van der Waals surface area contributed by atoms with Crippen LogP contribution in [-0.4, -0.2) is 72.6 Å². The number of piperazine rings is 1. The molecule has 7 heteroatoms. The summed E-state index contributed by atoms with van der Waals surface area (Å²) in [5.41, 5.74) is 6.53. The van der Waals surface area contributed by atoms with Crippen molar-refractivity contribution in [2.24, 2.45) is 0 Å². The number of benzene rings is 2. The Morgan fingerprint density at radius 2 is 1.82 bits per heavy atom. The number of amides is 1. The number of pyridine rings is 1. The van der Waals surface area contributed by atoms with E-state index in [1.165, 1.54) is 17.5 Å². The van der Waals surface area contributed by atoms with Crippen LogP contribution in [0.25, 0.3) is 22.0 Å². The van der Waals surface area contributed by atoms with Gasteiger partial charge in [0, 0.05) is 60.6 Å². The molecule has 2 fully saturated rings. The first-order valence-electron chi connectivity index (χ1n) is 14.4. The maximum Gasteiger partial charge on any atom is 0.256 e. The van der Waals surface area contributed by atoms with Gasteiger partial charge >= 0.3 is 0 Å². The summed E-state index contributed by atoms with van der Waals surface area (Å²) < 4.78 is 5.60. The second kappa shape index (κ2) is 11.0. The SMILES string of the molecule is COc1cccc(-c2cc(C(C)C)nc(N3CCN(C(=O)c4c[nH]c5ccccc45)CC3)c2C2CCCN2C)c1. The van der Waals surface area contributed by atoms with Crippen LogP contribution in [0, 0.1) is 0 Å². The summed E-state index contributed by atoms with van der Waals surface area (Å²) in [6, 6.07) is 19.0. The summed E-state index contributed by atoms with van der Waals surface area (Å²) in [5, 5.41) is 0.982. The van der Waals surface area contributed by atoms with E-state index < -0.39 is 0 Å².